The van der Waals surface area contributed by atoms with Crippen molar-refractivity contribution in [2.24, 2.45) is 0 Å². The highest BCUT2D eigenvalue weighted by Crippen LogP contribution is 2.30. The Morgan fingerprint density at radius 1 is 0.780 bits per heavy atom. The van der Waals surface area contributed by atoms with Crippen molar-refractivity contribution in [3.05, 3.63) is 111 Å². The molecule has 3 aromatic rings. The number of benzene rings is 2. The first-order chi connectivity index (χ1) is 19.7. The number of piperazine rings is 1. The molecule has 0 spiro atoms. The zero-order chi connectivity index (χ0) is 29.5. The molecule has 0 amide bonds. The second kappa shape index (κ2) is 14.2. The normalized spacial score (nSPS) is 14.8. The standard InChI is InChI=1S/C34H44F2N4O/c1-6-39(20-17-37(4)5)32-23-28(25(2)3)7-8-29(34(32)41)24-38-18-21-40(22-19-38)33(26-9-13-30(35)14-10-26)27-11-15-31(36)16-12-27/h7-16,23,25,33H,6,17-22,24H2,1-5H3. The minimum absolute atomic E-state index is 0.0991. The summed E-state index contributed by atoms with van der Waals surface area (Å²) in [6.07, 6.45) is 0. The number of nitrogens with zero attached hydrogens (tertiary/aromatic N) is 4. The Labute approximate surface area is 244 Å². The molecule has 0 bridgehead atoms. The highest BCUT2D eigenvalue weighted by molar-refractivity contribution is 5.50. The Balaban J connectivity index is 1.55. The van der Waals surface area contributed by atoms with E-state index in [0.717, 1.165) is 73.8 Å². The van der Waals surface area contributed by atoms with Gasteiger partial charge in [0.2, 0.25) is 5.43 Å². The quantitative estimate of drug-likeness (QED) is 0.297. The van der Waals surface area contributed by atoms with Crippen LogP contribution in [0.1, 0.15) is 55.0 Å². The fraction of sp³-hybridized carbons (Fsp3) is 0.441. The van der Waals surface area contributed by atoms with E-state index in [1.165, 1.54) is 24.3 Å². The van der Waals surface area contributed by atoms with Crippen molar-refractivity contribution in [2.45, 2.75) is 39.3 Å². The topological polar surface area (TPSA) is 30.0 Å². The van der Waals surface area contributed by atoms with Crippen molar-refractivity contribution in [1.29, 1.82) is 0 Å². The minimum Gasteiger partial charge on any atom is -0.367 e. The van der Waals surface area contributed by atoms with E-state index >= 15 is 0 Å². The molecule has 1 aliphatic rings. The molecule has 1 fully saturated rings. The van der Waals surface area contributed by atoms with Gasteiger partial charge in [0.15, 0.2) is 0 Å². The number of anilines is 1. The number of hydrogen-bond donors (Lipinski definition) is 0. The zero-order valence-corrected chi connectivity index (χ0v) is 25.1. The van der Waals surface area contributed by atoms with Gasteiger partial charge >= 0.3 is 0 Å². The van der Waals surface area contributed by atoms with Gasteiger partial charge in [-0.05, 0) is 74.0 Å². The molecule has 41 heavy (non-hydrogen) atoms. The summed E-state index contributed by atoms with van der Waals surface area (Å²) in [5.41, 5.74) is 4.83. The largest absolute Gasteiger partial charge is 0.367 e. The van der Waals surface area contributed by atoms with E-state index < -0.39 is 0 Å². The van der Waals surface area contributed by atoms with Gasteiger partial charge in [-0.2, -0.15) is 0 Å². The van der Waals surface area contributed by atoms with Crippen LogP contribution in [0.2, 0.25) is 0 Å². The van der Waals surface area contributed by atoms with Crippen molar-refractivity contribution in [3.8, 4) is 0 Å². The number of halogens is 2. The SMILES string of the molecule is CCN(CCN(C)C)c1cc(C(C)C)ccc(CN2CCN(C(c3ccc(F)cc3)c3ccc(F)cc3)CC2)c1=O. The third-order valence-electron chi connectivity index (χ3n) is 8.05. The molecule has 1 aliphatic heterocycles. The summed E-state index contributed by atoms with van der Waals surface area (Å²) in [5, 5.41) is 0. The fourth-order valence-corrected chi connectivity index (χ4v) is 5.52. The molecular weight excluding hydrogens is 518 g/mol. The van der Waals surface area contributed by atoms with Gasteiger partial charge in [-0.3, -0.25) is 14.6 Å². The minimum atomic E-state index is -0.274. The van der Waals surface area contributed by atoms with E-state index in [2.05, 4.69) is 66.6 Å². The van der Waals surface area contributed by atoms with E-state index in [0.29, 0.717) is 12.5 Å². The highest BCUT2D eigenvalue weighted by Gasteiger charge is 2.27. The molecule has 0 N–H and O–H groups in total. The van der Waals surface area contributed by atoms with Crippen molar-refractivity contribution in [1.82, 2.24) is 14.7 Å². The molecule has 220 valence electrons. The lowest BCUT2D eigenvalue weighted by Gasteiger charge is -2.39. The van der Waals surface area contributed by atoms with Crippen molar-refractivity contribution in [2.75, 3.05) is 64.8 Å². The Kier molecular flexibility index (Phi) is 10.6. The molecule has 0 aromatic heterocycles. The first kappa shape index (κ1) is 30.8. The number of likely N-dealkylation sites (N-methyl/N-ethyl adjacent to an activating group) is 2. The van der Waals surface area contributed by atoms with Crippen LogP contribution in [0, 0.1) is 11.6 Å². The monoisotopic (exact) mass is 562 g/mol. The lowest BCUT2D eigenvalue weighted by Crippen LogP contribution is -2.47. The Bertz CT molecular complexity index is 1270. The van der Waals surface area contributed by atoms with E-state index in [1.54, 1.807) is 0 Å². The highest BCUT2D eigenvalue weighted by atomic mass is 19.1. The fourth-order valence-electron chi connectivity index (χ4n) is 5.52. The van der Waals surface area contributed by atoms with Crippen molar-refractivity contribution < 1.29 is 8.78 Å². The molecule has 5 nitrogen and oxygen atoms in total. The Morgan fingerprint density at radius 3 is 1.80 bits per heavy atom. The molecule has 7 heteroatoms. The first-order valence-electron chi connectivity index (χ1n) is 14.7. The molecule has 1 heterocycles. The summed E-state index contributed by atoms with van der Waals surface area (Å²) in [7, 11) is 4.11. The smallest absolute Gasteiger partial charge is 0.206 e. The average Bonchev–Trinajstić information content (AvgIpc) is 3.11. The Morgan fingerprint density at radius 2 is 1.32 bits per heavy atom. The maximum Gasteiger partial charge on any atom is 0.206 e. The average molecular weight is 563 g/mol. The van der Waals surface area contributed by atoms with Crippen LogP contribution in [0.3, 0.4) is 0 Å². The molecule has 3 aromatic carbocycles. The summed E-state index contributed by atoms with van der Waals surface area (Å²) in [4.78, 5) is 23.0. The lowest BCUT2D eigenvalue weighted by molar-refractivity contribution is 0.104. The molecule has 0 unspecified atom stereocenters. The van der Waals surface area contributed by atoms with Gasteiger partial charge in [-0.15, -0.1) is 0 Å². The van der Waals surface area contributed by atoms with Gasteiger partial charge in [-0.25, -0.2) is 8.78 Å². The van der Waals surface area contributed by atoms with Crippen molar-refractivity contribution >= 4 is 5.69 Å². The van der Waals surface area contributed by atoms with Crippen LogP contribution in [-0.2, 0) is 6.54 Å². The van der Waals surface area contributed by atoms with Gasteiger partial charge in [0.05, 0.1) is 11.7 Å². The number of hydrogen-bond acceptors (Lipinski definition) is 5. The van der Waals surface area contributed by atoms with E-state index in [1.807, 2.05) is 30.3 Å². The number of rotatable bonds is 11. The predicted octanol–water partition coefficient (Wildman–Crippen LogP) is 5.74. The Hall–Kier alpha value is -3.13. The first-order valence-corrected chi connectivity index (χ1v) is 14.7. The summed E-state index contributed by atoms with van der Waals surface area (Å²) >= 11 is 0. The summed E-state index contributed by atoms with van der Waals surface area (Å²) in [5.74, 6) is -0.229. The predicted molar refractivity (Wildman–Crippen MR) is 165 cm³/mol. The summed E-state index contributed by atoms with van der Waals surface area (Å²) < 4.78 is 27.4. The van der Waals surface area contributed by atoms with Gasteiger partial charge in [-0.1, -0.05) is 50.2 Å². The van der Waals surface area contributed by atoms with Crippen LogP contribution in [0.15, 0.2) is 71.5 Å². The molecule has 0 atom stereocenters. The molecule has 1 saturated heterocycles. The van der Waals surface area contributed by atoms with Gasteiger partial charge in [0, 0.05) is 57.9 Å². The second-order valence-corrected chi connectivity index (χ2v) is 11.6. The maximum absolute atomic E-state index is 13.9. The summed E-state index contributed by atoms with van der Waals surface area (Å²) in [6, 6.07) is 19.3. The zero-order valence-electron chi connectivity index (χ0n) is 25.1. The van der Waals surface area contributed by atoms with E-state index in [9.17, 15) is 13.6 Å². The van der Waals surface area contributed by atoms with Crippen LogP contribution in [-0.4, -0.2) is 74.6 Å². The van der Waals surface area contributed by atoms with Crippen LogP contribution < -0.4 is 10.3 Å². The third-order valence-corrected chi connectivity index (χ3v) is 8.05. The van der Waals surface area contributed by atoms with E-state index in [-0.39, 0.29) is 23.1 Å². The lowest BCUT2D eigenvalue weighted by atomic mass is 9.96. The van der Waals surface area contributed by atoms with Crippen LogP contribution >= 0.6 is 0 Å². The molecule has 0 saturated carbocycles. The third kappa shape index (κ3) is 8.00. The van der Waals surface area contributed by atoms with Crippen molar-refractivity contribution in [3.63, 3.8) is 0 Å². The molecule has 4 rings (SSSR count). The second-order valence-electron chi connectivity index (χ2n) is 11.6. The van der Waals surface area contributed by atoms with Gasteiger partial charge in [0.25, 0.3) is 0 Å². The van der Waals surface area contributed by atoms with Gasteiger partial charge in [0.1, 0.15) is 11.6 Å². The molecule has 0 radical (unpaired) electrons. The van der Waals surface area contributed by atoms with Gasteiger partial charge < -0.3 is 9.80 Å². The maximum atomic E-state index is 13.9. The summed E-state index contributed by atoms with van der Waals surface area (Å²) in [6.45, 7) is 12.6. The van der Waals surface area contributed by atoms with Crippen LogP contribution in [0.5, 0.6) is 0 Å². The molecule has 0 aliphatic carbocycles. The van der Waals surface area contributed by atoms with Crippen LogP contribution in [0.25, 0.3) is 0 Å². The molecular formula is C34H44F2N4O. The van der Waals surface area contributed by atoms with Crippen LogP contribution in [0.4, 0.5) is 14.5 Å². The van der Waals surface area contributed by atoms with E-state index in [4.69, 9.17) is 0 Å².